The average Bonchev–Trinajstić information content (AvgIpc) is 2.31. The van der Waals surface area contributed by atoms with Gasteiger partial charge in [0, 0.05) is 19.0 Å². The van der Waals surface area contributed by atoms with Crippen LogP contribution in [0.15, 0.2) is 0 Å². The van der Waals surface area contributed by atoms with E-state index >= 15 is 0 Å². The van der Waals surface area contributed by atoms with Crippen LogP contribution in [0.3, 0.4) is 0 Å². The van der Waals surface area contributed by atoms with Gasteiger partial charge in [0.15, 0.2) is 0 Å². The van der Waals surface area contributed by atoms with Crippen LogP contribution >= 0.6 is 0 Å². The van der Waals surface area contributed by atoms with Crippen molar-refractivity contribution in [2.75, 3.05) is 19.7 Å². The number of carbonyl (C=O) groups is 1. The van der Waals surface area contributed by atoms with Gasteiger partial charge in [-0.2, -0.15) is 0 Å². The first kappa shape index (κ1) is 10.5. The number of amides is 1. The summed E-state index contributed by atoms with van der Waals surface area (Å²) in [4.78, 5) is 14.1. The van der Waals surface area contributed by atoms with E-state index in [1.54, 1.807) is 0 Å². The summed E-state index contributed by atoms with van der Waals surface area (Å²) in [6.45, 7) is 2.13. The number of aliphatic hydroxyl groups excluding tert-OH is 1. The summed E-state index contributed by atoms with van der Waals surface area (Å²) in [6, 6.07) is 0.462. The molecule has 0 radical (unpaired) electrons. The minimum atomic E-state index is 0.0712. The molecule has 0 aromatic carbocycles. The van der Waals surface area contributed by atoms with Gasteiger partial charge in [-0.25, -0.2) is 0 Å². The zero-order chi connectivity index (χ0) is 11.1. The highest BCUT2D eigenvalue weighted by atomic mass is 16.3. The van der Waals surface area contributed by atoms with Crippen molar-refractivity contribution >= 4 is 5.91 Å². The molecule has 2 N–H and O–H groups in total. The topological polar surface area (TPSA) is 52.6 Å². The summed E-state index contributed by atoms with van der Waals surface area (Å²) in [5.74, 6) is 1.35. The van der Waals surface area contributed by atoms with E-state index in [1.165, 1.54) is 6.42 Å². The molecule has 0 aliphatic carbocycles. The van der Waals surface area contributed by atoms with Crippen LogP contribution < -0.4 is 5.32 Å². The summed E-state index contributed by atoms with van der Waals surface area (Å²) in [5, 5.41) is 13.0. The minimum absolute atomic E-state index is 0.0712. The molecule has 4 atom stereocenters. The average molecular weight is 224 g/mol. The predicted octanol–water partition coefficient (Wildman–Crippen LogP) is -0.0323. The Balaban J connectivity index is 1.90. The molecule has 1 amide bonds. The molecule has 3 fully saturated rings. The second kappa shape index (κ2) is 4.00. The van der Waals surface area contributed by atoms with Gasteiger partial charge in [0.1, 0.15) is 0 Å². The number of fused-ring (bicyclic) bond motifs is 4. The maximum atomic E-state index is 12.0. The number of hydrogen-bond acceptors (Lipinski definition) is 3. The third kappa shape index (κ3) is 1.47. The zero-order valence-corrected chi connectivity index (χ0v) is 9.56. The van der Waals surface area contributed by atoms with Crippen LogP contribution in [0, 0.1) is 11.8 Å². The van der Waals surface area contributed by atoms with E-state index in [1.807, 2.05) is 4.90 Å². The molecule has 3 aliphatic heterocycles. The molecule has 3 rings (SSSR count). The largest absolute Gasteiger partial charge is 0.394 e. The lowest BCUT2D eigenvalue weighted by Gasteiger charge is -2.54. The Morgan fingerprint density at radius 2 is 2.19 bits per heavy atom. The molecule has 3 saturated heterocycles. The van der Waals surface area contributed by atoms with E-state index in [4.69, 9.17) is 0 Å². The van der Waals surface area contributed by atoms with Gasteiger partial charge in [0.2, 0.25) is 5.91 Å². The Morgan fingerprint density at radius 3 is 3.00 bits per heavy atom. The van der Waals surface area contributed by atoms with Crippen molar-refractivity contribution in [3.63, 3.8) is 0 Å². The molecule has 0 aromatic rings. The Hall–Kier alpha value is -0.610. The monoisotopic (exact) mass is 224 g/mol. The van der Waals surface area contributed by atoms with Crippen LogP contribution in [0.5, 0.6) is 0 Å². The summed E-state index contributed by atoms with van der Waals surface area (Å²) in [6.07, 6.45) is 4.02. The molecule has 2 bridgehead atoms. The van der Waals surface area contributed by atoms with Crippen molar-refractivity contribution in [2.45, 2.75) is 37.8 Å². The van der Waals surface area contributed by atoms with Crippen LogP contribution in [-0.2, 0) is 4.79 Å². The van der Waals surface area contributed by atoms with Gasteiger partial charge in [0.05, 0.1) is 12.6 Å². The van der Waals surface area contributed by atoms with Gasteiger partial charge in [-0.1, -0.05) is 0 Å². The second-order valence-corrected chi connectivity index (χ2v) is 5.42. The lowest BCUT2D eigenvalue weighted by molar-refractivity contribution is -0.151. The molecule has 4 nitrogen and oxygen atoms in total. The van der Waals surface area contributed by atoms with Crippen LogP contribution in [0.1, 0.15) is 25.7 Å². The Kier molecular flexibility index (Phi) is 2.64. The quantitative estimate of drug-likeness (QED) is 0.657. The van der Waals surface area contributed by atoms with E-state index in [0.29, 0.717) is 24.3 Å². The first-order valence-corrected chi connectivity index (χ1v) is 6.44. The second-order valence-electron chi connectivity index (χ2n) is 5.42. The van der Waals surface area contributed by atoms with E-state index in [-0.39, 0.29) is 18.6 Å². The van der Waals surface area contributed by atoms with Gasteiger partial charge >= 0.3 is 0 Å². The molecule has 0 aromatic heterocycles. The standard InChI is InChI=1S/C12H20N2O2/c15-7-11-9-4-8(5-13-6-9)10-2-1-3-12(16)14(10)11/h8-11,13,15H,1-7H2/t8-,9+,10+,11+/m1/s1. The molecule has 0 unspecified atom stereocenters. The summed E-state index contributed by atoms with van der Waals surface area (Å²) < 4.78 is 0. The van der Waals surface area contributed by atoms with Crippen LogP contribution in [0.2, 0.25) is 0 Å². The first-order chi connectivity index (χ1) is 7.81. The summed E-state index contributed by atoms with van der Waals surface area (Å²) in [5.41, 5.74) is 0. The third-order valence-electron chi connectivity index (χ3n) is 4.59. The third-order valence-corrected chi connectivity index (χ3v) is 4.59. The minimum Gasteiger partial charge on any atom is -0.394 e. The fourth-order valence-corrected chi connectivity index (χ4v) is 3.87. The Labute approximate surface area is 96.0 Å². The van der Waals surface area contributed by atoms with Crippen LogP contribution in [-0.4, -0.2) is 47.7 Å². The zero-order valence-electron chi connectivity index (χ0n) is 9.56. The number of nitrogens with zero attached hydrogens (tertiary/aromatic N) is 1. The van der Waals surface area contributed by atoms with E-state index < -0.39 is 0 Å². The molecule has 3 aliphatic rings. The summed E-state index contributed by atoms with van der Waals surface area (Å²) >= 11 is 0. The fraction of sp³-hybridized carbons (Fsp3) is 0.917. The normalized spacial score (nSPS) is 43.1. The Bertz CT molecular complexity index is 283. The van der Waals surface area contributed by atoms with Gasteiger partial charge < -0.3 is 15.3 Å². The number of nitrogens with one attached hydrogen (secondary N) is 1. The molecule has 0 spiro atoms. The highest BCUT2D eigenvalue weighted by Gasteiger charge is 2.47. The highest BCUT2D eigenvalue weighted by Crippen LogP contribution is 2.39. The number of carbonyl (C=O) groups excluding carboxylic acids is 1. The van der Waals surface area contributed by atoms with E-state index in [0.717, 1.165) is 25.9 Å². The van der Waals surface area contributed by atoms with Gasteiger partial charge in [-0.15, -0.1) is 0 Å². The molecular formula is C12H20N2O2. The maximum Gasteiger partial charge on any atom is 0.223 e. The molecule has 3 heterocycles. The van der Waals surface area contributed by atoms with Crippen molar-refractivity contribution < 1.29 is 9.90 Å². The number of piperidine rings is 3. The van der Waals surface area contributed by atoms with Crippen LogP contribution in [0.25, 0.3) is 0 Å². The lowest BCUT2D eigenvalue weighted by Crippen LogP contribution is -2.65. The van der Waals surface area contributed by atoms with E-state index in [2.05, 4.69) is 5.32 Å². The smallest absolute Gasteiger partial charge is 0.223 e. The maximum absolute atomic E-state index is 12.0. The summed E-state index contributed by atoms with van der Waals surface area (Å²) in [7, 11) is 0. The van der Waals surface area contributed by atoms with Gasteiger partial charge in [0.25, 0.3) is 0 Å². The number of hydrogen-bond donors (Lipinski definition) is 2. The van der Waals surface area contributed by atoms with E-state index in [9.17, 15) is 9.90 Å². The molecule has 16 heavy (non-hydrogen) atoms. The van der Waals surface area contributed by atoms with Crippen LogP contribution in [0.4, 0.5) is 0 Å². The van der Waals surface area contributed by atoms with Crippen molar-refractivity contribution in [1.29, 1.82) is 0 Å². The van der Waals surface area contributed by atoms with Crippen molar-refractivity contribution in [3.8, 4) is 0 Å². The van der Waals surface area contributed by atoms with Gasteiger partial charge in [-0.05, 0) is 37.6 Å². The first-order valence-electron chi connectivity index (χ1n) is 6.44. The van der Waals surface area contributed by atoms with Crippen molar-refractivity contribution in [1.82, 2.24) is 10.2 Å². The molecule has 0 saturated carbocycles. The number of aliphatic hydroxyl groups is 1. The fourth-order valence-electron chi connectivity index (χ4n) is 3.87. The highest BCUT2D eigenvalue weighted by molar-refractivity contribution is 5.78. The molecule has 90 valence electrons. The Morgan fingerprint density at radius 1 is 1.38 bits per heavy atom. The molecular weight excluding hydrogens is 204 g/mol. The van der Waals surface area contributed by atoms with Gasteiger partial charge in [-0.3, -0.25) is 4.79 Å². The van der Waals surface area contributed by atoms with Crippen molar-refractivity contribution in [3.05, 3.63) is 0 Å². The lowest BCUT2D eigenvalue weighted by atomic mass is 9.73. The number of rotatable bonds is 1. The van der Waals surface area contributed by atoms with Crippen molar-refractivity contribution in [2.24, 2.45) is 11.8 Å². The SMILES string of the molecule is O=C1CCC[C@H]2[C@H]3CNC[C@H](C3)[C@H](CO)N12. The predicted molar refractivity (Wildman–Crippen MR) is 59.8 cm³/mol. The molecule has 4 heteroatoms.